The molecular formula is C15H18ClNO3. The molecule has 4 nitrogen and oxygen atoms in total. The quantitative estimate of drug-likeness (QED) is 0.864. The lowest BCUT2D eigenvalue weighted by atomic mass is 10.0. The van der Waals surface area contributed by atoms with E-state index in [4.69, 9.17) is 16.7 Å². The predicted molar refractivity (Wildman–Crippen MR) is 78.2 cm³/mol. The lowest BCUT2D eigenvalue weighted by molar-refractivity contribution is -0.116. The van der Waals surface area contributed by atoms with E-state index in [9.17, 15) is 9.59 Å². The number of anilines is 1. The number of benzene rings is 1. The third-order valence-corrected chi connectivity index (χ3v) is 4.07. The van der Waals surface area contributed by atoms with E-state index in [0.29, 0.717) is 12.3 Å². The fourth-order valence-corrected chi connectivity index (χ4v) is 2.95. The van der Waals surface area contributed by atoms with Crippen LogP contribution in [0.3, 0.4) is 0 Å². The topological polar surface area (TPSA) is 66.4 Å². The summed E-state index contributed by atoms with van der Waals surface area (Å²) in [4.78, 5) is 23.1. The minimum absolute atomic E-state index is 0.0524. The largest absolute Gasteiger partial charge is 0.478 e. The molecule has 1 aromatic carbocycles. The number of carbonyl (C=O) groups excluding carboxylic acids is 1. The van der Waals surface area contributed by atoms with Gasteiger partial charge in [-0.15, -0.1) is 0 Å². The van der Waals surface area contributed by atoms with Crippen LogP contribution in [0.1, 0.15) is 48.9 Å². The van der Waals surface area contributed by atoms with Crippen LogP contribution in [0.4, 0.5) is 5.69 Å². The third-order valence-electron chi connectivity index (χ3n) is 3.76. The summed E-state index contributed by atoms with van der Waals surface area (Å²) >= 11 is 5.86. The van der Waals surface area contributed by atoms with E-state index < -0.39 is 5.97 Å². The molecular weight excluding hydrogens is 278 g/mol. The summed E-state index contributed by atoms with van der Waals surface area (Å²) in [7, 11) is 0. The van der Waals surface area contributed by atoms with Crippen molar-refractivity contribution in [1.82, 2.24) is 0 Å². The van der Waals surface area contributed by atoms with Crippen molar-refractivity contribution in [2.75, 3.05) is 5.32 Å². The van der Waals surface area contributed by atoms with Crippen LogP contribution < -0.4 is 5.32 Å². The Kier molecular flexibility index (Phi) is 5.01. The number of nitrogens with one attached hydrogen (secondary N) is 1. The lowest BCUT2D eigenvalue weighted by Gasteiger charge is -2.11. The molecule has 0 aliphatic heterocycles. The Morgan fingerprint density at radius 1 is 1.30 bits per heavy atom. The van der Waals surface area contributed by atoms with Gasteiger partial charge in [0, 0.05) is 6.42 Å². The van der Waals surface area contributed by atoms with Crippen molar-refractivity contribution >= 4 is 29.2 Å². The van der Waals surface area contributed by atoms with Gasteiger partial charge in [-0.1, -0.05) is 43.4 Å². The van der Waals surface area contributed by atoms with Crippen LogP contribution in [-0.2, 0) is 4.79 Å². The average Bonchev–Trinajstić information content (AvgIpc) is 2.89. The van der Waals surface area contributed by atoms with Gasteiger partial charge in [-0.3, -0.25) is 4.79 Å². The Bertz CT molecular complexity index is 510. The van der Waals surface area contributed by atoms with E-state index in [1.807, 2.05) is 0 Å². The number of amides is 1. The Morgan fingerprint density at radius 3 is 2.65 bits per heavy atom. The summed E-state index contributed by atoms with van der Waals surface area (Å²) in [5, 5.41) is 11.9. The molecule has 1 fully saturated rings. The van der Waals surface area contributed by atoms with Crippen molar-refractivity contribution in [3.63, 3.8) is 0 Å². The van der Waals surface area contributed by atoms with Crippen molar-refractivity contribution < 1.29 is 14.7 Å². The van der Waals surface area contributed by atoms with Gasteiger partial charge in [0.25, 0.3) is 0 Å². The van der Waals surface area contributed by atoms with Gasteiger partial charge in [0.2, 0.25) is 5.91 Å². The molecule has 1 aromatic rings. The van der Waals surface area contributed by atoms with E-state index in [1.165, 1.54) is 31.7 Å². The second kappa shape index (κ2) is 6.75. The van der Waals surface area contributed by atoms with E-state index >= 15 is 0 Å². The molecule has 0 bridgehead atoms. The van der Waals surface area contributed by atoms with Crippen LogP contribution in [0.2, 0.25) is 5.02 Å². The standard InChI is InChI=1S/C15H18ClNO3/c16-11-6-3-7-12(14(11)15(19)20)17-13(18)9-8-10-4-1-2-5-10/h3,6-7,10H,1-2,4-5,8-9H2,(H,17,18)(H,19,20). The maximum atomic E-state index is 11.9. The highest BCUT2D eigenvalue weighted by molar-refractivity contribution is 6.34. The van der Waals surface area contributed by atoms with Crippen molar-refractivity contribution in [2.45, 2.75) is 38.5 Å². The van der Waals surface area contributed by atoms with Gasteiger partial charge in [0.1, 0.15) is 5.56 Å². The number of rotatable bonds is 5. The molecule has 1 aliphatic rings. The minimum atomic E-state index is -1.14. The fraction of sp³-hybridized carbons (Fsp3) is 0.467. The molecule has 2 rings (SSSR count). The molecule has 0 spiro atoms. The van der Waals surface area contributed by atoms with E-state index in [1.54, 1.807) is 12.1 Å². The highest BCUT2D eigenvalue weighted by Crippen LogP contribution is 2.29. The van der Waals surface area contributed by atoms with Gasteiger partial charge in [0.05, 0.1) is 10.7 Å². The van der Waals surface area contributed by atoms with Crippen molar-refractivity contribution in [3.8, 4) is 0 Å². The van der Waals surface area contributed by atoms with Crippen LogP contribution in [-0.4, -0.2) is 17.0 Å². The maximum Gasteiger partial charge on any atom is 0.339 e. The second-order valence-electron chi connectivity index (χ2n) is 5.20. The number of carboxylic acids is 1. The summed E-state index contributed by atoms with van der Waals surface area (Å²) < 4.78 is 0. The number of hydrogen-bond acceptors (Lipinski definition) is 2. The van der Waals surface area contributed by atoms with Gasteiger partial charge in [-0.05, 0) is 24.5 Å². The smallest absolute Gasteiger partial charge is 0.339 e. The average molecular weight is 296 g/mol. The van der Waals surface area contributed by atoms with Crippen LogP contribution in [0, 0.1) is 5.92 Å². The molecule has 108 valence electrons. The van der Waals surface area contributed by atoms with E-state index in [0.717, 1.165) is 6.42 Å². The lowest BCUT2D eigenvalue weighted by Crippen LogP contribution is -2.15. The molecule has 0 unspecified atom stereocenters. The first-order valence-electron chi connectivity index (χ1n) is 6.89. The van der Waals surface area contributed by atoms with Crippen molar-refractivity contribution in [3.05, 3.63) is 28.8 Å². The van der Waals surface area contributed by atoms with Crippen LogP contribution in [0.5, 0.6) is 0 Å². The number of halogens is 1. The molecule has 0 heterocycles. The summed E-state index contributed by atoms with van der Waals surface area (Å²) in [6.45, 7) is 0. The zero-order valence-corrected chi connectivity index (χ0v) is 11.9. The van der Waals surface area contributed by atoms with E-state index in [2.05, 4.69) is 5.32 Å². The van der Waals surface area contributed by atoms with Gasteiger partial charge >= 0.3 is 5.97 Å². The highest BCUT2D eigenvalue weighted by Gasteiger charge is 2.18. The molecule has 20 heavy (non-hydrogen) atoms. The minimum Gasteiger partial charge on any atom is -0.478 e. The fourth-order valence-electron chi connectivity index (χ4n) is 2.69. The first kappa shape index (κ1) is 14.9. The second-order valence-corrected chi connectivity index (χ2v) is 5.61. The molecule has 0 saturated heterocycles. The number of carbonyl (C=O) groups is 2. The molecule has 1 saturated carbocycles. The maximum absolute atomic E-state index is 11.9. The van der Waals surface area contributed by atoms with Gasteiger partial charge in [-0.25, -0.2) is 4.79 Å². The molecule has 5 heteroatoms. The first-order chi connectivity index (χ1) is 9.58. The number of carboxylic acid groups (broad SMARTS) is 1. The highest BCUT2D eigenvalue weighted by atomic mass is 35.5. The third kappa shape index (κ3) is 3.73. The zero-order valence-electron chi connectivity index (χ0n) is 11.2. The van der Waals surface area contributed by atoms with Crippen LogP contribution >= 0.6 is 11.6 Å². The van der Waals surface area contributed by atoms with Crippen LogP contribution in [0.15, 0.2) is 18.2 Å². The Hall–Kier alpha value is -1.55. The Morgan fingerprint density at radius 2 is 2.00 bits per heavy atom. The Balaban J connectivity index is 1.96. The van der Waals surface area contributed by atoms with Crippen molar-refractivity contribution in [2.24, 2.45) is 5.92 Å². The predicted octanol–water partition coefficient (Wildman–Crippen LogP) is 3.95. The zero-order chi connectivity index (χ0) is 14.5. The SMILES string of the molecule is O=C(CCC1CCCC1)Nc1cccc(Cl)c1C(=O)O. The van der Waals surface area contributed by atoms with Gasteiger partial charge in [0.15, 0.2) is 0 Å². The van der Waals surface area contributed by atoms with Gasteiger partial charge in [-0.2, -0.15) is 0 Å². The monoisotopic (exact) mass is 295 g/mol. The number of aromatic carboxylic acids is 1. The van der Waals surface area contributed by atoms with Crippen LogP contribution in [0.25, 0.3) is 0 Å². The Labute approximate surface area is 123 Å². The molecule has 2 N–H and O–H groups in total. The summed E-state index contributed by atoms with van der Waals surface area (Å²) in [6.07, 6.45) is 6.20. The summed E-state index contributed by atoms with van der Waals surface area (Å²) in [5.74, 6) is -0.651. The molecule has 0 radical (unpaired) electrons. The number of hydrogen-bond donors (Lipinski definition) is 2. The molecule has 0 atom stereocenters. The first-order valence-corrected chi connectivity index (χ1v) is 7.27. The molecule has 1 amide bonds. The molecule has 0 aromatic heterocycles. The van der Waals surface area contributed by atoms with Gasteiger partial charge < -0.3 is 10.4 Å². The van der Waals surface area contributed by atoms with E-state index in [-0.39, 0.29) is 22.2 Å². The normalized spacial score (nSPS) is 15.2. The summed E-state index contributed by atoms with van der Waals surface area (Å²) in [6, 6.07) is 4.68. The van der Waals surface area contributed by atoms with Crippen molar-refractivity contribution in [1.29, 1.82) is 0 Å². The summed E-state index contributed by atoms with van der Waals surface area (Å²) in [5.41, 5.74) is 0.213. The molecule has 1 aliphatic carbocycles.